The maximum absolute atomic E-state index is 6.25. The molecule has 2 N–H and O–H groups in total. The molecule has 1 fully saturated rings. The van der Waals surface area contributed by atoms with Crippen LogP contribution in [0.5, 0.6) is 0 Å². The lowest BCUT2D eigenvalue weighted by Crippen LogP contribution is -2.23. The Kier molecular flexibility index (Phi) is 2.81. The molecule has 1 aliphatic rings. The number of rotatable bonds is 2. The molecule has 0 spiro atoms. The number of nitrogens with zero attached hydrogens (tertiary/aromatic N) is 2. The van der Waals surface area contributed by atoms with Crippen LogP contribution in [0.15, 0.2) is 22.7 Å². The summed E-state index contributed by atoms with van der Waals surface area (Å²) in [6, 6.07) is 3.65. The van der Waals surface area contributed by atoms with Gasteiger partial charge in [0.25, 0.3) is 0 Å². The third-order valence-electron chi connectivity index (χ3n) is 3.62. The van der Waals surface area contributed by atoms with Gasteiger partial charge in [0.05, 0.1) is 6.04 Å². The molecular weight excluding hydrogens is 214 g/mol. The summed E-state index contributed by atoms with van der Waals surface area (Å²) >= 11 is 0. The van der Waals surface area contributed by atoms with Crippen molar-refractivity contribution >= 4 is 11.2 Å². The van der Waals surface area contributed by atoms with Crippen LogP contribution in [0.25, 0.3) is 11.2 Å². The van der Waals surface area contributed by atoms with Gasteiger partial charge in [0.15, 0.2) is 11.2 Å². The predicted octanol–water partition coefficient (Wildman–Crippen LogP) is 2.80. The predicted molar refractivity (Wildman–Crippen MR) is 65.3 cm³/mol. The molecule has 4 heteroatoms. The standard InChI is InChI=1S/C13H17N3O/c14-11(9-5-2-1-3-6-9)13-16-12-10(17-13)7-4-8-15-12/h4,7-9,11H,1-3,5-6,14H2. The second-order valence-corrected chi connectivity index (χ2v) is 4.80. The van der Waals surface area contributed by atoms with Gasteiger partial charge in [0, 0.05) is 6.20 Å². The van der Waals surface area contributed by atoms with Gasteiger partial charge in [-0.05, 0) is 30.9 Å². The number of pyridine rings is 1. The van der Waals surface area contributed by atoms with Crippen molar-refractivity contribution in [2.75, 3.05) is 0 Å². The summed E-state index contributed by atoms with van der Waals surface area (Å²) in [5.41, 5.74) is 7.64. The Bertz CT molecular complexity index is 469. The number of nitrogens with two attached hydrogens (primary N) is 1. The molecule has 1 saturated carbocycles. The van der Waals surface area contributed by atoms with Crippen molar-refractivity contribution < 1.29 is 4.42 Å². The molecule has 2 aromatic rings. The van der Waals surface area contributed by atoms with Crippen molar-refractivity contribution in [1.29, 1.82) is 0 Å². The summed E-state index contributed by atoms with van der Waals surface area (Å²) in [7, 11) is 0. The minimum absolute atomic E-state index is 0.0792. The lowest BCUT2D eigenvalue weighted by Gasteiger charge is -2.25. The monoisotopic (exact) mass is 231 g/mol. The van der Waals surface area contributed by atoms with E-state index < -0.39 is 0 Å². The zero-order valence-corrected chi connectivity index (χ0v) is 9.80. The van der Waals surface area contributed by atoms with Gasteiger partial charge < -0.3 is 10.2 Å². The molecule has 90 valence electrons. The Hall–Kier alpha value is -1.42. The van der Waals surface area contributed by atoms with Crippen LogP contribution in [0.4, 0.5) is 0 Å². The van der Waals surface area contributed by atoms with Crippen LogP contribution < -0.4 is 5.73 Å². The Balaban J connectivity index is 1.86. The van der Waals surface area contributed by atoms with Gasteiger partial charge in [-0.2, -0.15) is 4.98 Å². The summed E-state index contributed by atoms with van der Waals surface area (Å²) in [4.78, 5) is 8.55. The zero-order chi connectivity index (χ0) is 11.7. The Morgan fingerprint density at radius 2 is 2.12 bits per heavy atom. The first-order valence-corrected chi connectivity index (χ1v) is 6.31. The van der Waals surface area contributed by atoms with E-state index in [-0.39, 0.29) is 6.04 Å². The second-order valence-electron chi connectivity index (χ2n) is 4.80. The van der Waals surface area contributed by atoms with Gasteiger partial charge in [-0.25, -0.2) is 4.98 Å². The van der Waals surface area contributed by atoms with Crippen LogP contribution in [0.3, 0.4) is 0 Å². The first-order valence-electron chi connectivity index (χ1n) is 6.31. The number of hydrogen-bond acceptors (Lipinski definition) is 4. The van der Waals surface area contributed by atoms with Gasteiger partial charge >= 0.3 is 0 Å². The molecule has 2 aromatic heterocycles. The van der Waals surface area contributed by atoms with E-state index in [0.717, 1.165) is 5.58 Å². The molecule has 2 heterocycles. The minimum atomic E-state index is -0.0792. The quantitative estimate of drug-likeness (QED) is 0.863. The molecule has 1 unspecified atom stereocenters. The molecular formula is C13H17N3O. The Labute approximate surface area is 100 Å². The fourth-order valence-corrected chi connectivity index (χ4v) is 2.62. The summed E-state index contributed by atoms with van der Waals surface area (Å²) in [6.07, 6.45) is 7.98. The summed E-state index contributed by atoms with van der Waals surface area (Å²) in [5, 5.41) is 0. The highest BCUT2D eigenvalue weighted by Crippen LogP contribution is 2.33. The van der Waals surface area contributed by atoms with Crippen LogP contribution in [-0.4, -0.2) is 9.97 Å². The number of fused-ring (bicyclic) bond motifs is 1. The van der Waals surface area contributed by atoms with E-state index in [1.165, 1.54) is 32.1 Å². The molecule has 0 amide bonds. The molecule has 1 aliphatic carbocycles. The topological polar surface area (TPSA) is 64.9 Å². The maximum atomic E-state index is 6.25. The van der Waals surface area contributed by atoms with Crippen LogP contribution in [0.2, 0.25) is 0 Å². The van der Waals surface area contributed by atoms with Crippen molar-refractivity contribution in [2.24, 2.45) is 11.7 Å². The van der Waals surface area contributed by atoms with Crippen molar-refractivity contribution in [3.63, 3.8) is 0 Å². The fraction of sp³-hybridized carbons (Fsp3) is 0.538. The summed E-state index contributed by atoms with van der Waals surface area (Å²) in [6.45, 7) is 0. The van der Waals surface area contributed by atoms with Crippen LogP contribution in [0.1, 0.15) is 44.0 Å². The first kappa shape index (κ1) is 10.7. The van der Waals surface area contributed by atoms with Crippen LogP contribution in [-0.2, 0) is 0 Å². The molecule has 3 rings (SSSR count). The largest absolute Gasteiger partial charge is 0.437 e. The second kappa shape index (κ2) is 4.45. The van der Waals surface area contributed by atoms with E-state index in [9.17, 15) is 0 Å². The average molecular weight is 231 g/mol. The molecule has 0 aliphatic heterocycles. The van der Waals surface area contributed by atoms with E-state index in [1.54, 1.807) is 6.20 Å². The van der Waals surface area contributed by atoms with Gasteiger partial charge in [0.1, 0.15) is 0 Å². The molecule has 0 saturated heterocycles. The van der Waals surface area contributed by atoms with E-state index in [2.05, 4.69) is 9.97 Å². The third-order valence-corrected chi connectivity index (χ3v) is 3.62. The smallest absolute Gasteiger partial charge is 0.214 e. The third kappa shape index (κ3) is 2.05. The summed E-state index contributed by atoms with van der Waals surface area (Å²) in [5.74, 6) is 1.16. The summed E-state index contributed by atoms with van der Waals surface area (Å²) < 4.78 is 5.68. The Morgan fingerprint density at radius 1 is 1.29 bits per heavy atom. The van der Waals surface area contributed by atoms with Gasteiger partial charge in [-0.3, -0.25) is 0 Å². The highest BCUT2D eigenvalue weighted by molar-refractivity contribution is 5.66. The van der Waals surface area contributed by atoms with Crippen LogP contribution >= 0.6 is 0 Å². The number of aromatic nitrogens is 2. The van der Waals surface area contributed by atoms with Crippen LogP contribution in [0, 0.1) is 5.92 Å². The fourth-order valence-electron chi connectivity index (χ4n) is 2.62. The first-order chi connectivity index (χ1) is 8.34. The lowest BCUT2D eigenvalue weighted by atomic mass is 9.84. The van der Waals surface area contributed by atoms with Gasteiger partial charge in [-0.1, -0.05) is 19.3 Å². The number of oxazole rings is 1. The maximum Gasteiger partial charge on any atom is 0.214 e. The van der Waals surface area contributed by atoms with Gasteiger partial charge in [-0.15, -0.1) is 0 Å². The Morgan fingerprint density at radius 3 is 2.88 bits per heavy atom. The minimum Gasteiger partial charge on any atom is -0.437 e. The van der Waals surface area contributed by atoms with Gasteiger partial charge in [0.2, 0.25) is 5.89 Å². The normalized spacial score (nSPS) is 19.6. The zero-order valence-electron chi connectivity index (χ0n) is 9.80. The van der Waals surface area contributed by atoms with Crippen molar-refractivity contribution in [1.82, 2.24) is 9.97 Å². The molecule has 1 atom stereocenters. The number of hydrogen-bond donors (Lipinski definition) is 1. The average Bonchev–Trinajstić information content (AvgIpc) is 2.82. The van der Waals surface area contributed by atoms with Crippen molar-refractivity contribution in [2.45, 2.75) is 38.1 Å². The van der Waals surface area contributed by atoms with E-state index >= 15 is 0 Å². The van der Waals surface area contributed by atoms with E-state index in [4.69, 9.17) is 10.2 Å². The highest BCUT2D eigenvalue weighted by atomic mass is 16.3. The molecule has 0 radical (unpaired) electrons. The highest BCUT2D eigenvalue weighted by Gasteiger charge is 2.25. The molecule has 4 nitrogen and oxygen atoms in total. The lowest BCUT2D eigenvalue weighted by molar-refractivity contribution is 0.278. The molecule has 17 heavy (non-hydrogen) atoms. The molecule has 0 bridgehead atoms. The van der Waals surface area contributed by atoms with E-state index in [0.29, 0.717) is 17.5 Å². The van der Waals surface area contributed by atoms with E-state index in [1.807, 2.05) is 12.1 Å². The van der Waals surface area contributed by atoms with Crippen molar-refractivity contribution in [3.05, 3.63) is 24.2 Å². The molecule has 0 aromatic carbocycles. The van der Waals surface area contributed by atoms with Crippen molar-refractivity contribution in [3.8, 4) is 0 Å². The SMILES string of the molecule is NC(c1nc2ncccc2o1)C1CCCCC1.